The molecule has 0 saturated carbocycles. The molecule has 4 N–H and O–H groups in total. The highest BCUT2D eigenvalue weighted by molar-refractivity contribution is 7.86. The van der Waals surface area contributed by atoms with Crippen molar-refractivity contribution >= 4 is 31.6 Å². The van der Waals surface area contributed by atoms with E-state index in [9.17, 15) is 16.8 Å². The van der Waals surface area contributed by atoms with Crippen LogP contribution in [0.5, 0.6) is 0 Å². The van der Waals surface area contributed by atoms with E-state index >= 15 is 0 Å². The maximum atomic E-state index is 10.8. The van der Waals surface area contributed by atoms with Gasteiger partial charge in [-0.3, -0.25) is 9.11 Å². The van der Waals surface area contributed by atoms with E-state index in [0.717, 1.165) is 0 Å². The summed E-state index contributed by atoms with van der Waals surface area (Å²) in [5.41, 5.74) is 6.52. The molecular formula is C10H16N2O6S2. The van der Waals surface area contributed by atoms with Crippen molar-refractivity contribution in [2.75, 3.05) is 35.2 Å². The SMILES string of the molecule is Nc1cccc(N(CCS(=O)(=O)O)CCS(=O)(=O)O)c1. The predicted molar refractivity (Wildman–Crippen MR) is 75.9 cm³/mol. The topological polar surface area (TPSA) is 138 Å². The molecule has 0 radical (unpaired) electrons. The van der Waals surface area contributed by atoms with E-state index in [-0.39, 0.29) is 13.1 Å². The number of rotatable bonds is 7. The third kappa shape index (κ3) is 6.70. The van der Waals surface area contributed by atoms with Crippen molar-refractivity contribution in [3.63, 3.8) is 0 Å². The molecule has 0 aliphatic carbocycles. The summed E-state index contributed by atoms with van der Waals surface area (Å²) in [4.78, 5) is 1.40. The maximum Gasteiger partial charge on any atom is 0.266 e. The Kier molecular flexibility index (Phi) is 5.34. The van der Waals surface area contributed by atoms with Crippen LogP contribution in [0.15, 0.2) is 24.3 Å². The molecule has 0 aliphatic rings. The van der Waals surface area contributed by atoms with Crippen LogP contribution in [0.2, 0.25) is 0 Å². The van der Waals surface area contributed by atoms with Gasteiger partial charge in [-0.05, 0) is 18.2 Å². The van der Waals surface area contributed by atoms with Crippen molar-refractivity contribution in [1.82, 2.24) is 0 Å². The highest BCUT2D eigenvalue weighted by Crippen LogP contribution is 2.17. The molecule has 1 aromatic carbocycles. The largest absolute Gasteiger partial charge is 0.399 e. The van der Waals surface area contributed by atoms with Crippen molar-refractivity contribution in [3.05, 3.63) is 24.3 Å². The summed E-state index contributed by atoms with van der Waals surface area (Å²) in [6.45, 7) is -0.254. The molecule has 0 atom stereocenters. The van der Waals surface area contributed by atoms with Crippen LogP contribution in [-0.4, -0.2) is 50.5 Å². The van der Waals surface area contributed by atoms with E-state index in [1.807, 2.05) is 0 Å². The van der Waals surface area contributed by atoms with Crippen LogP contribution in [0.3, 0.4) is 0 Å². The van der Waals surface area contributed by atoms with Gasteiger partial charge in [-0.1, -0.05) is 6.07 Å². The van der Waals surface area contributed by atoms with Crippen LogP contribution < -0.4 is 10.6 Å². The summed E-state index contributed by atoms with van der Waals surface area (Å²) in [6, 6.07) is 6.39. The van der Waals surface area contributed by atoms with Crippen LogP contribution in [0.4, 0.5) is 11.4 Å². The number of nitrogen functional groups attached to an aromatic ring is 1. The first kappa shape index (κ1) is 16.7. The first-order valence-electron chi connectivity index (χ1n) is 5.58. The lowest BCUT2D eigenvalue weighted by atomic mass is 10.2. The fourth-order valence-electron chi connectivity index (χ4n) is 1.54. The zero-order valence-electron chi connectivity index (χ0n) is 10.5. The predicted octanol–water partition coefficient (Wildman–Crippen LogP) is -0.149. The molecule has 1 rings (SSSR count). The standard InChI is InChI=1S/C10H16N2O6S2/c11-9-2-1-3-10(8-9)12(4-6-19(13,14)15)5-7-20(16,17)18/h1-3,8H,4-7,11H2,(H,13,14,15)(H,16,17,18). The number of nitrogens with two attached hydrogens (primary N) is 1. The Morgan fingerprint density at radius 3 is 1.90 bits per heavy atom. The number of nitrogens with zero attached hydrogens (tertiary/aromatic N) is 1. The minimum absolute atomic E-state index is 0.127. The third-order valence-corrected chi connectivity index (χ3v) is 3.87. The van der Waals surface area contributed by atoms with Gasteiger partial charge in [0.1, 0.15) is 0 Å². The molecule has 0 spiro atoms. The Morgan fingerprint density at radius 1 is 1.00 bits per heavy atom. The number of hydrogen-bond acceptors (Lipinski definition) is 6. The third-order valence-electron chi connectivity index (χ3n) is 2.47. The molecule has 0 saturated heterocycles. The van der Waals surface area contributed by atoms with E-state index in [1.165, 1.54) is 11.0 Å². The monoisotopic (exact) mass is 324 g/mol. The Labute approximate surface area is 117 Å². The fourth-order valence-corrected chi connectivity index (χ4v) is 2.44. The van der Waals surface area contributed by atoms with Crippen LogP contribution >= 0.6 is 0 Å². The van der Waals surface area contributed by atoms with Gasteiger partial charge in [0.05, 0.1) is 11.5 Å². The van der Waals surface area contributed by atoms with Crippen LogP contribution in [0.25, 0.3) is 0 Å². The van der Waals surface area contributed by atoms with Gasteiger partial charge in [0, 0.05) is 24.5 Å². The van der Waals surface area contributed by atoms with Gasteiger partial charge in [-0.2, -0.15) is 16.8 Å². The lowest BCUT2D eigenvalue weighted by molar-refractivity contribution is 0.482. The van der Waals surface area contributed by atoms with E-state index in [0.29, 0.717) is 11.4 Å². The normalized spacial score (nSPS) is 12.3. The van der Waals surface area contributed by atoms with Crippen molar-refractivity contribution in [2.45, 2.75) is 0 Å². The molecule has 8 nitrogen and oxygen atoms in total. The van der Waals surface area contributed by atoms with Crippen molar-refractivity contribution < 1.29 is 25.9 Å². The highest BCUT2D eigenvalue weighted by atomic mass is 32.2. The lowest BCUT2D eigenvalue weighted by Gasteiger charge is -2.24. The van der Waals surface area contributed by atoms with Gasteiger partial charge in [-0.25, -0.2) is 0 Å². The molecule has 0 unspecified atom stereocenters. The summed E-state index contributed by atoms with van der Waals surface area (Å²) >= 11 is 0. The average Bonchev–Trinajstić information content (AvgIpc) is 2.26. The van der Waals surface area contributed by atoms with Gasteiger partial charge in [-0.15, -0.1) is 0 Å². The first-order chi connectivity index (χ1) is 9.07. The van der Waals surface area contributed by atoms with Gasteiger partial charge in [0.15, 0.2) is 0 Å². The maximum absolute atomic E-state index is 10.8. The fraction of sp³-hybridized carbons (Fsp3) is 0.400. The van der Waals surface area contributed by atoms with Crippen LogP contribution in [-0.2, 0) is 20.2 Å². The number of benzene rings is 1. The summed E-state index contributed by atoms with van der Waals surface area (Å²) in [5, 5.41) is 0. The lowest BCUT2D eigenvalue weighted by Crippen LogP contribution is -2.33. The molecule has 0 bridgehead atoms. The average molecular weight is 324 g/mol. The molecule has 10 heteroatoms. The second kappa shape index (κ2) is 6.39. The van der Waals surface area contributed by atoms with E-state index in [4.69, 9.17) is 14.8 Å². The van der Waals surface area contributed by atoms with E-state index in [1.54, 1.807) is 18.2 Å². The Bertz CT molecular complexity index is 620. The molecule has 0 fully saturated rings. The summed E-state index contributed by atoms with van der Waals surface area (Å²) in [7, 11) is -8.35. The zero-order valence-corrected chi connectivity index (χ0v) is 12.1. The Hall–Kier alpha value is -1.36. The molecular weight excluding hydrogens is 308 g/mol. The molecule has 1 aromatic rings. The molecule has 0 heterocycles. The molecule has 0 aliphatic heterocycles. The van der Waals surface area contributed by atoms with E-state index in [2.05, 4.69) is 0 Å². The molecule has 0 aromatic heterocycles. The van der Waals surface area contributed by atoms with Crippen LogP contribution in [0.1, 0.15) is 0 Å². The number of anilines is 2. The van der Waals surface area contributed by atoms with Crippen molar-refractivity contribution in [3.8, 4) is 0 Å². The Morgan fingerprint density at radius 2 is 1.50 bits per heavy atom. The van der Waals surface area contributed by atoms with Gasteiger partial charge < -0.3 is 10.6 Å². The van der Waals surface area contributed by atoms with Crippen molar-refractivity contribution in [2.24, 2.45) is 0 Å². The quantitative estimate of drug-likeness (QED) is 0.465. The van der Waals surface area contributed by atoms with Crippen LogP contribution in [0, 0.1) is 0 Å². The Balaban J connectivity index is 2.89. The summed E-state index contributed by atoms with van der Waals surface area (Å²) in [6.07, 6.45) is 0. The smallest absolute Gasteiger partial charge is 0.266 e. The number of hydrogen-bond donors (Lipinski definition) is 3. The second-order valence-electron chi connectivity index (χ2n) is 4.15. The molecule has 20 heavy (non-hydrogen) atoms. The second-order valence-corrected chi connectivity index (χ2v) is 7.30. The zero-order chi connectivity index (χ0) is 15.4. The summed E-state index contributed by atoms with van der Waals surface area (Å²) < 4.78 is 60.6. The summed E-state index contributed by atoms with van der Waals surface area (Å²) in [5.74, 6) is -1.12. The highest BCUT2D eigenvalue weighted by Gasteiger charge is 2.14. The van der Waals surface area contributed by atoms with Gasteiger partial charge >= 0.3 is 0 Å². The van der Waals surface area contributed by atoms with Gasteiger partial charge in [0.2, 0.25) is 0 Å². The molecule has 114 valence electrons. The van der Waals surface area contributed by atoms with E-state index < -0.39 is 31.7 Å². The minimum atomic E-state index is -4.18. The van der Waals surface area contributed by atoms with Gasteiger partial charge in [0.25, 0.3) is 20.2 Å². The molecule has 0 amide bonds. The van der Waals surface area contributed by atoms with Crippen molar-refractivity contribution in [1.29, 1.82) is 0 Å². The minimum Gasteiger partial charge on any atom is -0.399 e. The first-order valence-corrected chi connectivity index (χ1v) is 8.79.